The second kappa shape index (κ2) is 10.3. The van der Waals surface area contributed by atoms with Crippen LogP contribution < -0.4 is 5.32 Å². The third kappa shape index (κ3) is 6.10. The number of carbonyl (C=O) groups is 4. The highest BCUT2D eigenvalue weighted by molar-refractivity contribution is 9.11. The molecule has 1 aromatic carbocycles. The number of hydrogen-bond acceptors (Lipinski definition) is 7. The first kappa shape index (κ1) is 22.1. The zero-order chi connectivity index (χ0) is 19.9. The summed E-state index contributed by atoms with van der Waals surface area (Å²) in [7, 11) is 3.35. The minimum absolute atomic E-state index is 0.224. The van der Waals surface area contributed by atoms with E-state index in [0.717, 1.165) is 21.3 Å². The molecule has 0 heterocycles. The molecule has 0 bridgehead atoms. The summed E-state index contributed by atoms with van der Waals surface area (Å²) in [6.45, 7) is 0. The maximum atomic E-state index is 12.5. The van der Waals surface area contributed by atoms with Crippen molar-refractivity contribution < 1.29 is 33.4 Å². The number of hydrogen-bond donors (Lipinski definition) is 1. The summed E-state index contributed by atoms with van der Waals surface area (Å²) in [5, 5.41) is 2.42. The normalized spacial score (nSPS) is 12.5. The zero-order valence-corrected chi connectivity index (χ0v) is 17.4. The number of nitrogens with one attached hydrogen (secondary N) is 1. The topological polar surface area (TPSA) is 108 Å². The maximum absolute atomic E-state index is 12.5. The molecule has 0 fully saturated rings. The van der Waals surface area contributed by atoms with Gasteiger partial charge in [0.2, 0.25) is 0 Å². The second-order valence-corrected chi connectivity index (χ2v) is 6.87. The van der Waals surface area contributed by atoms with Crippen LogP contribution in [-0.4, -0.2) is 51.2 Å². The van der Waals surface area contributed by atoms with Crippen molar-refractivity contribution in [2.75, 3.05) is 21.3 Å². The van der Waals surface area contributed by atoms with E-state index in [9.17, 15) is 19.2 Å². The number of esters is 3. The smallest absolute Gasteiger partial charge is 0.329 e. The van der Waals surface area contributed by atoms with Crippen molar-refractivity contribution in [1.29, 1.82) is 0 Å². The van der Waals surface area contributed by atoms with E-state index in [-0.39, 0.29) is 5.56 Å². The van der Waals surface area contributed by atoms with Crippen molar-refractivity contribution in [1.82, 2.24) is 5.32 Å². The Kier molecular flexibility index (Phi) is 8.73. The summed E-state index contributed by atoms with van der Waals surface area (Å²) < 4.78 is 15.1. The molecule has 1 amide bonds. The second-order valence-electron chi connectivity index (χ2n) is 5.04. The van der Waals surface area contributed by atoms with Gasteiger partial charge in [0.05, 0.1) is 33.7 Å². The molecule has 0 spiro atoms. The van der Waals surface area contributed by atoms with E-state index in [2.05, 4.69) is 51.4 Å². The summed E-state index contributed by atoms with van der Waals surface area (Å²) in [6, 6.07) is 3.35. The zero-order valence-electron chi connectivity index (χ0n) is 14.2. The van der Waals surface area contributed by atoms with Gasteiger partial charge in [0.25, 0.3) is 5.91 Å². The Morgan fingerprint density at radius 3 is 1.92 bits per heavy atom. The van der Waals surface area contributed by atoms with E-state index in [1.807, 2.05) is 0 Å². The average Bonchev–Trinajstić information content (AvgIpc) is 2.61. The molecular weight excluding hydrogens is 478 g/mol. The lowest BCUT2D eigenvalue weighted by atomic mass is 9.95. The van der Waals surface area contributed by atoms with Gasteiger partial charge in [-0.25, -0.2) is 4.79 Å². The molecule has 0 aliphatic heterocycles. The minimum Gasteiger partial charge on any atom is -0.469 e. The van der Waals surface area contributed by atoms with E-state index in [1.165, 1.54) is 12.1 Å². The van der Waals surface area contributed by atoms with Crippen LogP contribution in [0.5, 0.6) is 0 Å². The van der Waals surface area contributed by atoms with Gasteiger partial charge >= 0.3 is 17.9 Å². The number of halogens is 2. The molecule has 0 unspecified atom stereocenters. The van der Waals surface area contributed by atoms with E-state index in [1.54, 1.807) is 6.07 Å². The van der Waals surface area contributed by atoms with Gasteiger partial charge in [-0.05, 0) is 18.2 Å². The first-order valence-electron chi connectivity index (χ1n) is 7.22. The molecule has 0 aliphatic rings. The Morgan fingerprint density at radius 2 is 1.46 bits per heavy atom. The molecule has 0 aliphatic carbocycles. The van der Waals surface area contributed by atoms with Gasteiger partial charge in [-0.1, -0.05) is 31.9 Å². The largest absolute Gasteiger partial charge is 0.469 e. The number of carbonyl (C=O) groups excluding carboxylic acids is 4. The average molecular weight is 495 g/mol. The number of ether oxygens (including phenoxy) is 3. The van der Waals surface area contributed by atoms with Crippen molar-refractivity contribution in [2.24, 2.45) is 5.92 Å². The van der Waals surface area contributed by atoms with E-state index in [4.69, 9.17) is 0 Å². The van der Waals surface area contributed by atoms with Gasteiger partial charge in [0.15, 0.2) is 0 Å². The highest BCUT2D eigenvalue weighted by Crippen LogP contribution is 2.21. The molecule has 1 N–H and O–H groups in total. The quantitative estimate of drug-likeness (QED) is 0.455. The molecule has 10 heteroatoms. The maximum Gasteiger partial charge on any atom is 0.329 e. The monoisotopic (exact) mass is 493 g/mol. The minimum atomic E-state index is -1.43. The Labute approximate surface area is 166 Å². The standard InChI is InChI=1S/C16H17Br2NO7/c1-24-12(20)7-11(15(22)25-2)13(16(23)26-3)19-14(21)8-4-9(17)6-10(18)5-8/h4-6,11,13H,7H2,1-3H3,(H,19,21)/t11-,13+/m1/s1. The van der Waals surface area contributed by atoms with Crippen LogP contribution in [0, 0.1) is 5.92 Å². The molecule has 1 aromatic rings. The van der Waals surface area contributed by atoms with Crippen LogP contribution in [0.4, 0.5) is 0 Å². The van der Waals surface area contributed by atoms with Crippen LogP contribution in [0.3, 0.4) is 0 Å². The molecule has 0 saturated carbocycles. The Balaban J connectivity index is 3.17. The Bertz CT molecular complexity index is 688. The fourth-order valence-corrected chi connectivity index (χ4v) is 3.41. The molecule has 0 saturated heterocycles. The van der Waals surface area contributed by atoms with Crippen molar-refractivity contribution in [3.8, 4) is 0 Å². The number of methoxy groups -OCH3 is 3. The van der Waals surface area contributed by atoms with E-state index in [0.29, 0.717) is 8.95 Å². The van der Waals surface area contributed by atoms with Gasteiger partial charge in [-0.2, -0.15) is 0 Å². The summed E-state index contributed by atoms with van der Waals surface area (Å²) in [4.78, 5) is 48.3. The van der Waals surface area contributed by atoms with Gasteiger partial charge in [0.1, 0.15) is 6.04 Å². The third-order valence-corrected chi connectivity index (χ3v) is 4.30. The van der Waals surface area contributed by atoms with Gasteiger partial charge in [-0.3, -0.25) is 14.4 Å². The lowest BCUT2D eigenvalue weighted by Crippen LogP contribution is -2.50. The lowest BCUT2D eigenvalue weighted by Gasteiger charge is -2.23. The SMILES string of the molecule is COC(=O)C[C@@H](C(=O)OC)[C@H](NC(=O)c1cc(Br)cc(Br)c1)C(=O)OC. The van der Waals surface area contributed by atoms with Crippen LogP contribution >= 0.6 is 31.9 Å². The van der Waals surface area contributed by atoms with Crippen LogP contribution in [0.1, 0.15) is 16.8 Å². The van der Waals surface area contributed by atoms with Gasteiger partial charge in [0, 0.05) is 14.5 Å². The van der Waals surface area contributed by atoms with Crippen molar-refractivity contribution in [3.63, 3.8) is 0 Å². The lowest BCUT2D eigenvalue weighted by molar-refractivity contribution is -0.158. The molecule has 1 rings (SSSR count). The first-order chi connectivity index (χ1) is 12.2. The number of amides is 1. The van der Waals surface area contributed by atoms with E-state index < -0.39 is 42.2 Å². The fourth-order valence-electron chi connectivity index (χ4n) is 2.11. The molecule has 142 valence electrons. The number of benzene rings is 1. The molecule has 26 heavy (non-hydrogen) atoms. The van der Waals surface area contributed by atoms with Crippen LogP contribution in [0.15, 0.2) is 27.1 Å². The molecule has 0 radical (unpaired) electrons. The third-order valence-electron chi connectivity index (χ3n) is 3.39. The summed E-state index contributed by atoms with van der Waals surface area (Å²) in [6.07, 6.45) is -0.467. The van der Waals surface area contributed by atoms with Gasteiger partial charge in [-0.15, -0.1) is 0 Å². The predicted octanol–water partition coefficient (Wildman–Crippen LogP) is 1.84. The number of rotatable bonds is 7. The summed E-state index contributed by atoms with van der Waals surface area (Å²) in [5.74, 6) is -4.44. The highest BCUT2D eigenvalue weighted by atomic mass is 79.9. The molecule has 8 nitrogen and oxygen atoms in total. The fraction of sp³-hybridized carbons (Fsp3) is 0.375. The van der Waals surface area contributed by atoms with Crippen LogP contribution in [-0.2, 0) is 28.6 Å². The summed E-state index contributed by atoms with van der Waals surface area (Å²) in [5.41, 5.74) is 0.224. The molecule has 0 aromatic heterocycles. The van der Waals surface area contributed by atoms with Gasteiger partial charge < -0.3 is 19.5 Å². The van der Waals surface area contributed by atoms with Crippen molar-refractivity contribution in [2.45, 2.75) is 12.5 Å². The van der Waals surface area contributed by atoms with E-state index >= 15 is 0 Å². The summed E-state index contributed by atoms with van der Waals surface area (Å²) >= 11 is 6.52. The predicted molar refractivity (Wildman–Crippen MR) is 97.3 cm³/mol. The Hall–Kier alpha value is -1.94. The highest BCUT2D eigenvalue weighted by Gasteiger charge is 2.38. The first-order valence-corrected chi connectivity index (χ1v) is 8.81. The molecular formula is C16H17Br2NO7. The van der Waals surface area contributed by atoms with Crippen LogP contribution in [0.2, 0.25) is 0 Å². The molecule has 2 atom stereocenters. The Morgan fingerprint density at radius 1 is 0.923 bits per heavy atom. The van der Waals surface area contributed by atoms with Crippen molar-refractivity contribution >= 4 is 55.7 Å². The van der Waals surface area contributed by atoms with Crippen molar-refractivity contribution in [3.05, 3.63) is 32.7 Å². The van der Waals surface area contributed by atoms with Crippen LogP contribution in [0.25, 0.3) is 0 Å².